The number of aromatic hydroxyl groups is 1. The lowest BCUT2D eigenvalue weighted by molar-refractivity contribution is 0.0995. The van der Waals surface area contributed by atoms with Gasteiger partial charge in [-0.3, -0.25) is 9.10 Å². The number of aryl methyl sites for hydroxylation is 1. The smallest absolute Gasteiger partial charge is 0.291 e. The minimum absolute atomic E-state index is 0.0984. The number of amides is 1. The molecule has 23 heavy (non-hydrogen) atoms. The molecule has 0 bridgehead atoms. The highest BCUT2D eigenvalue weighted by atomic mass is 32.2. The second-order valence-corrected chi connectivity index (χ2v) is 7.34. The SMILES string of the molecule is Cc1ccoc1C(=O)Nc1cc(N2CCCS2(=O)=O)ccc1O. The molecule has 1 fully saturated rings. The molecule has 3 rings (SSSR count). The summed E-state index contributed by atoms with van der Waals surface area (Å²) in [5, 5.41) is 12.5. The van der Waals surface area contributed by atoms with E-state index in [9.17, 15) is 18.3 Å². The number of hydrogen-bond acceptors (Lipinski definition) is 5. The summed E-state index contributed by atoms with van der Waals surface area (Å²) < 4.78 is 30.3. The Morgan fingerprint density at radius 1 is 1.35 bits per heavy atom. The summed E-state index contributed by atoms with van der Waals surface area (Å²) >= 11 is 0. The van der Waals surface area contributed by atoms with Gasteiger partial charge in [0.1, 0.15) is 5.75 Å². The molecule has 0 spiro atoms. The van der Waals surface area contributed by atoms with Gasteiger partial charge in [-0.25, -0.2) is 8.42 Å². The van der Waals surface area contributed by atoms with E-state index < -0.39 is 15.9 Å². The summed E-state index contributed by atoms with van der Waals surface area (Å²) in [6.07, 6.45) is 1.95. The summed E-state index contributed by atoms with van der Waals surface area (Å²) in [7, 11) is -3.33. The number of rotatable bonds is 3. The molecule has 1 aromatic carbocycles. The van der Waals surface area contributed by atoms with Crippen molar-refractivity contribution in [2.75, 3.05) is 21.9 Å². The first-order chi connectivity index (χ1) is 10.9. The van der Waals surface area contributed by atoms with Crippen LogP contribution in [-0.4, -0.2) is 31.7 Å². The fourth-order valence-electron chi connectivity index (χ4n) is 2.49. The van der Waals surface area contributed by atoms with Crippen LogP contribution < -0.4 is 9.62 Å². The molecule has 122 valence electrons. The van der Waals surface area contributed by atoms with Gasteiger partial charge in [-0.15, -0.1) is 0 Å². The lowest BCUT2D eigenvalue weighted by Crippen LogP contribution is -2.25. The zero-order valence-corrected chi connectivity index (χ0v) is 13.3. The Labute approximate surface area is 133 Å². The molecule has 0 saturated carbocycles. The van der Waals surface area contributed by atoms with E-state index in [1.165, 1.54) is 28.8 Å². The van der Waals surface area contributed by atoms with Gasteiger partial charge in [0, 0.05) is 12.1 Å². The molecular weight excluding hydrogens is 320 g/mol. The van der Waals surface area contributed by atoms with Crippen molar-refractivity contribution in [1.29, 1.82) is 0 Å². The number of furan rings is 1. The van der Waals surface area contributed by atoms with E-state index in [1.54, 1.807) is 13.0 Å². The van der Waals surface area contributed by atoms with Crippen LogP contribution in [0.4, 0.5) is 11.4 Å². The maximum Gasteiger partial charge on any atom is 0.291 e. The maximum atomic E-state index is 12.2. The molecule has 2 heterocycles. The monoisotopic (exact) mass is 336 g/mol. The fraction of sp³-hybridized carbons (Fsp3) is 0.267. The normalized spacial score (nSPS) is 16.5. The van der Waals surface area contributed by atoms with Crippen LogP contribution in [0, 0.1) is 6.92 Å². The molecule has 2 N–H and O–H groups in total. The summed E-state index contributed by atoms with van der Waals surface area (Å²) in [6, 6.07) is 5.95. The van der Waals surface area contributed by atoms with Gasteiger partial charge in [0.15, 0.2) is 5.76 Å². The van der Waals surface area contributed by atoms with Gasteiger partial charge in [-0.1, -0.05) is 0 Å². The molecule has 1 amide bonds. The van der Waals surface area contributed by atoms with Crippen molar-refractivity contribution in [3.05, 3.63) is 41.9 Å². The van der Waals surface area contributed by atoms with Crippen molar-refractivity contribution in [1.82, 2.24) is 0 Å². The van der Waals surface area contributed by atoms with E-state index in [0.29, 0.717) is 24.2 Å². The van der Waals surface area contributed by atoms with Crippen molar-refractivity contribution in [3.8, 4) is 5.75 Å². The number of nitrogens with one attached hydrogen (secondary N) is 1. The van der Waals surface area contributed by atoms with Crippen LogP contribution in [0.5, 0.6) is 5.75 Å². The van der Waals surface area contributed by atoms with Crippen LogP contribution in [0.15, 0.2) is 34.9 Å². The van der Waals surface area contributed by atoms with Crippen LogP contribution in [0.1, 0.15) is 22.5 Å². The number of phenols is 1. The van der Waals surface area contributed by atoms with Crippen molar-refractivity contribution in [3.63, 3.8) is 0 Å². The molecule has 1 aromatic heterocycles. The molecular formula is C15H16N2O5S. The first-order valence-corrected chi connectivity index (χ1v) is 8.68. The van der Waals surface area contributed by atoms with Crippen molar-refractivity contribution in [2.24, 2.45) is 0 Å². The predicted octanol–water partition coefficient (Wildman–Crippen LogP) is 2.09. The fourth-order valence-corrected chi connectivity index (χ4v) is 4.05. The molecule has 1 aliphatic rings. The van der Waals surface area contributed by atoms with Crippen molar-refractivity contribution < 1.29 is 22.7 Å². The number of hydrogen-bond donors (Lipinski definition) is 2. The Morgan fingerprint density at radius 3 is 2.74 bits per heavy atom. The molecule has 0 aliphatic carbocycles. The van der Waals surface area contributed by atoms with Gasteiger partial charge in [-0.2, -0.15) is 0 Å². The third kappa shape index (κ3) is 2.89. The minimum atomic E-state index is -3.33. The molecule has 2 aromatic rings. The highest BCUT2D eigenvalue weighted by Gasteiger charge is 2.29. The number of anilines is 2. The second-order valence-electron chi connectivity index (χ2n) is 5.33. The molecule has 8 heteroatoms. The van der Waals surface area contributed by atoms with Gasteiger partial charge in [-0.05, 0) is 37.6 Å². The van der Waals surface area contributed by atoms with E-state index >= 15 is 0 Å². The zero-order chi connectivity index (χ0) is 16.6. The molecule has 7 nitrogen and oxygen atoms in total. The Bertz CT molecular complexity index is 857. The third-order valence-corrected chi connectivity index (χ3v) is 5.55. The van der Waals surface area contributed by atoms with Crippen LogP contribution in [0.3, 0.4) is 0 Å². The Hall–Kier alpha value is -2.48. The van der Waals surface area contributed by atoms with Gasteiger partial charge in [0.2, 0.25) is 10.0 Å². The largest absolute Gasteiger partial charge is 0.506 e. The van der Waals surface area contributed by atoms with Gasteiger partial charge < -0.3 is 14.8 Å². The molecule has 0 atom stereocenters. The van der Waals surface area contributed by atoms with E-state index in [-0.39, 0.29) is 22.9 Å². The van der Waals surface area contributed by atoms with Crippen molar-refractivity contribution >= 4 is 27.3 Å². The van der Waals surface area contributed by atoms with E-state index in [2.05, 4.69) is 5.32 Å². The minimum Gasteiger partial charge on any atom is -0.506 e. The Kier molecular flexibility index (Phi) is 3.77. The molecule has 0 unspecified atom stereocenters. The van der Waals surface area contributed by atoms with Crippen molar-refractivity contribution in [2.45, 2.75) is 13.3 Å². The van der Waals surface area contributed by atoms with E-state index in [0.717, 1.165) is 0 Å². The maximum absolute atomic E-state index is 12.2. The topological polar surface area (TPSA) is 99.9 Å². The number of nitrogens with zero attached hydrogens (tertiary/aromatic N) is 1. The average molecular weight is 336 g/mol. The standard InChI is InChI=1S/C15H16N2O5S/c1-10-5-7-22-14(10)15(19)16-12-9-11(3-4-13(12)18)17-6-2-8-23(17,20)21/h3-5,7,9,18H,2,6,8H2,1H3,(H,16,19). The summed E-state index contributed by atoms with van der Waals surface area (Å²) in [4.78, 5) is 12.2. The van der Waals surface area contributed by atoms with Gasteiger partial charge >= 0.3 is 0 Å². The van der Waals surface area contributed by atoms with Crippen LogP contribution in [-0.2, 0) is 10.0 Å². The van der Waals surface area contributed by atoms with E-state index in [4.69, 9.17) is 4.42 Å². The lowest BCUT2D eigenvalue weighted by atomic mass is 10.2. The summed E-state index contributed by atoms with van der Waals surface area (Å²) in [5.41, 5.74) is 1.21. The summed E-state index contributed by atoms with van der Waals surface area (Å²) in [5.74, 6) is -0.419. The number of carbonyl (C=O) groups excluding carboxylic acids is 1. The number of benzene rings is 1. The first-order valence-electron chi connectivity index (χ1n) is 7.07. The zero-order valence-electron chi connectivity index (χ0n) is 12.4. The molecule has 1 aliphatic heterocycles. The second kappa shape index (κ2) is 5.62. The highest BCUT2D eigenvalue weighted by Crippen LogP contribution is 2.32. The average Bonchev–Trinajstić information content (AvgIpc) is 3.06. The Balaban J connectivity index is 1.90. The number of phenolic OH excluding ortho intramolecular Hbond substituents is 1. The summed E-state index contributed by atoms with van der Waals surface area (Å²) in [6.45, 7) is 2.11. The number of sulfonamides is 1. The van der Waals surface area contributed by atoms with Crippen LogP contribution in [0.25, 0.3) is 0 Å². The third-order valence-electron chi connectivity index (χ3n) is 3.68. The van der Waals surface area contributed by atoms with Gasteiger partial charge in [0.05, 0.1) is 23.4 Å². The predicted molar refractivity (Wildman–Crippen MR) is 85.3 cm³/mol. The first kappa shape index (κ1) is 15.4. The molecule has 1 saturated heterocycles. The van der Waals surface area contributed by atoms with Crippen LogP contribution in [0.2, 0.25) is 0 Å². The lowest BCUT2D eigenvalue weighted by Gasteiger charge is -2.18. The Morgan fingerprint density at radius 2 is 2.13 bits per heavy atom. The van der Waals surface area contributed by atoms with Crippen LogP contribution >= 0.6 is 0 Å². The molecule has 0 radical (unpaired) electrons. The highest BCUT2D eigenvalue weighted by molar-refractivity contribution is 7.93. The van der Waals surface area contributed by atoms with E-state index in [1.807, 2.05) is 0 Å². The number of carbonyl (C=O) groups is 1. The quantitative estimate of drug-likeness (QED) is 0.836. The van der Waals surface area contributed by atoms with Gasteiger partial charge in [0.25, 0.3) is 5.91 Å².